The first-order valence-electron chi connectivity index (χ1n) is 7.03. The van der Waals surface area contributed by atoms with E-state index in [2.05, 4.69) is 30.2 Å². The van der Waals surface area contributed by atoms with Gasteiger partial charge in [-0.05, 0) is 13.0 Å². The fourth-order valence-electron chi connectivity index (χ4n) is 1.94. The standard InChI is InChI=1S/C16H22N2O2S/c1-11(2)17-8-13-6-5-7-14(19-4)16(13)20-9-15-18-12(3)10-21-15/h5-7,10-11,17H,8-9H2,1-4H3. The minimum atomic E-state index is 0.422. The molecule has 1 heterocycles. The molecule has 0 bridgehead atoms. The van der Waals surface area contributed by atoms with Gasteiger partial charge in [-0.1, -0.05) is 26.0 Å². The number of thiazole rings is 1. The Morgan fingerprint density at radius 1 is 1.33 bits per heavy atom. The number of ether oxygens (including phenoxy) is 2. The number of benzene rings is 1. The molecule has 1 aromatic carbocycles. The van der Waals surface area contributed by atoms with Crippen LogP contribution in [0.25, 0.3) is 0 Å². The Bertz CT molecular complexity index is 581. The van der Waals surface area contributed by atoms with Crippen LogP contribution in [0.15, 0.2) is 23.6 Å². The molecule has 2 rings (SSSR count). The number of hydrogen-bond acceptors (Lipinski definition) is 5. The van der Waals surface area contributed by atoms with Gasteiger partial charge in [-0.2, -0.15) is 0 Å². The van der Waals surface area contributed by atoms with E-state index in [1.54, 1.807) is 18.4 Å². The molecule has 5 heteroatoms. The number of aryl methyl sites for hydroxylation is 1. The molecular formula is C16H22N2O2S. The summed E-state index contributed by atoms with van der Waals surface area (Å²) < 4.78 is 11.4. The van der Waals surface area contributed by atoms with Crippen molar-refractivity contribution in [1.82, 2.24) is 10.3 Å². The minimum Gasteiger partial charge on any atom is -0.493 e. The Morgan fingerprint density at radius 2 is 2.14 bits per heavy atom. The van der Waals surface area contributed by atoms with Gasteiger partial charge in [-0.15, -0.1) is 11.3 Å². The van der Waals surface area contributed by atoms with E-state index in [9.17, 15) is 0 Å². The van der Waals surface area contributed by atoms with Gasteiger partial charge in [0.15, 0.2) is 11.5 Å². The van der Waals surface area contributed by atoms with E-state index in [1.807, 2.05) is 24.4 Å². The molecule has 1 aromatic heterocycles. The van der Waals surface area contributed by atoms with E-state index in [-0.39, 0.29) is 0 Å². The Kier molecular flexibility index (Phi) is 5.59. The molecule has 21 heavy (non-hydrogen) atoms. The first kappa shape index (κ1) is 15.8. The van der Waals surface area contributed by atoms with Crippen LogP contribution in [0.1, 0.15) is 30.1 Å². The number of rotatable bonds is 7. The average molecular weight is 306 g/mol. The van der Waals surface area contributed by atoms with Crippen LogP contribution in [-0.2, 0) is 13.2 Å². The maximum atomic E-state index is 5.97. The fourth-order valence-corrected chi connectivity index (χ4v) is 2.62. The fraction of sp³-hybridized carbons (Fsp3) is 0.438. The van der Waals surface area contributed by atoms with Gasteiger partial charge in [0.05, 0.1) is 7.11 Å². The molecule has 0 saturated heterocycles. The molecule has 114 valence electrons. The van der Waals surface area contributed by atoms with Crippen LogP contribution < -0.4 is 14.8 Å². The molecular weight excluding hydrogens is 284 g/mol. The Balaban J connectivity index is 2.14. The van der Waals surface area contributed by atoms with E-state index >= 15 is 0 Å². The number of para-hydroxylation sites is 1. The summed E-state index contributed by atoms with van der Waals surface area (Å²) in [6, 6.07) is 6.38. The summed E-state index contributed by atoms with van der Waals surface area (Å²) in [4.78, 5) is 4.42. The highest BCUT2D eigenvalue weighted by Crippen LogP contribution is 2.32. The lowest BCUT2D eigenvalue weighted by molar-refractivity contribution is 0.280. The first-order chi connectivity index (χ1) is 10.1. The van der Waals surface area contributed by atoms with Crippen molar-refractivity contribution in [2.75, 3.05) is 7.11 Å². The third-order valence-corrected chi connectivity index (χ3v) is 3.93. The van der Waals surface area contributed by atoms with Gasteiger partial charge in [0.2, 0.25) is 0 Å². The molecule has 0 aliphatic carbocycles. The maximum Gasteiger partial charge on any atom is 0.166 e. The summed E-state index contributed by atoms with van der Waals surface area (Å²) in [5.74, 6) is 1.55. The van der Waals surface area contributed by atoms with Crippen molar-refractivity contribution < 1.29 is 9.47 Å². The van der Waals surface area contributed by atoms with Crippen molar-refractivity contribution in [3.8, 4) is 11.5 Å². The number of nitrogens with zero attached hydrogens (tertiary/aromatic N) is 1. The molecule has 0 amide bonds. The third-order valence-electron chi connectivity index (χ3n) is 2.99. The van der Waals surface area contributed by atoms with E-state index in [0.29, 0.717) is 12.6 Å². The number of nitrogens with one attached hydrogen (secondary N) is 1. The summed E-state index contributed by atoms with van der Waals surface area (Å²) in [5, 5.41) is 6.41. The van der Waals surface area contributed by atoms with Crippen LogP contribution in [0, 0.1) is 6.92 Å². The Hall–Kier alpha value is -1.59. The molecule has 0 atom stereocenters. The molecule has 4 nitrogen and oxygen atoms in total. The van der Waals surface area contributed by atoms with Crippen molar-refractivity contribution in [2.24, 2.45) is 0 Å². The maximum absolute atomic E-state index is 5.97. The Morgan fingerprint density at radius 3 is 2.76 bits per heavy atom. The highest BCUT2D eigenvalue weighted by molar-refractivity contribution is 7.09. The third kappa shape index (κ3) is 4.44. The summed E-state index contributed by atoms with van der Waals surface area (Å²) in [7, 11) is 1.66. The number of aromatic nitrogens is 1. The zero-order chi connectivity index (χ0) is 15.2. The second-order valence-corrected chi connectivity index (χ2v) is 6.10. The molecule has 1 N–H and O–H groups in total. The highest BCUT2D eigenvalue weighted by Gasteiger charge is 2.12. The zero-order valence-corrected chi connectivity index (χ0v) is 13.8. The second-order valence-electron chi connectivity index (χ2n) is 5.16. The predicted molar refractivity (Wildman–Crippen MR) is 86.2 cm³/mol. The van der Waals surface area contributed by atoms with Gasteiger partial charge in [0.1, 0.15) is 11.6 Å². The van der Waals surface area contributed by atoms with Crippen LogP contribution in [0.3, 0.4) is 0 Å². The Labute approximate surface area is 130 Å². The van der Waals surface area contributed by atoms with Crippen molar-refractivity contribution in [3.05, 3.63) is 39.8 Å². The summed E-state index contributed by atoms with van der Waals surface area (Å²) in [5.41, 5.74) is 2.12. The van der Waals surface area contributed by atoms with Gasteiger partial charge in [-0.25, -0.2) is 4.98 Å². The van der Waals surface area contributed by atoms with Crippen LogP contribution in [0.5, 0.6) is 11.5 Å². The number of hydrogen-bond donors (Lipinski definition) is 1. The lowest BCUT2D eigenvalue weighted by Gasteiger charge is -2.16. The van der Waals surface area contributed by atoms with E-state index in [0.717, 1.165) is 34.3 Å². The molecule has 0 radical (unpaired) electrons. The summed E-state index contributed by atoms with van der Waals surface area (Å²) in [6.07, 6.45) is 0. The average Bonchev–Trinajstić information content (AvgIpc) is 2.88. The predicted octanol–water partition coefficient (Wildman–Crippen LogP) is 3.54. The largest absolute Gasteiger partial charge is 0.493 e. The van der Waals surface area contributed by atoms with Gasteiger partial charge in [0.25, 0.3) is 0 Å². The van der Waals surface area contributed by atoms with Gasteiger partial charge in [0, 0.05) is 29.2 Å². The quantitative estimate of drug-likeness (QED) is 0.850. The van der Waals surface area contributed by atoms with Gasteiger partial charge in [-0.3, -0.25) is 0 Å². The normalized spacial score (nSPS) is 10.9. The lowest BCUT2D eigenvalue weighted by atomic mass is 10.1. The molecule has 0 unspecified atom stereocenters. The second kappa shape index (κ2) is 7.43. The molecule has 0 aliphatic rings. The van der Waals surface area contributed by atoms with Crippen LogP contribution in [0.2, 0.25) is 0 Å². The first-order valence-corrected chi connectivity index (χ1v) is 7.91. The van der Waals surface area contributed by atoms with Crippen molar-refractivity contribution in [3.63, 3.8) is 0 Å². The summed E-state index contributed by atoms with van der Waals surface area (Å²) in [6.45, 7) is 7.45. The monoisotopic (exact) mass is 306 g/mol. The van der Waals surface area contributed by atoms with E-state index in [1.165, 1.54) is 0 Å². The minimum absolute atomic E-state index is 0.422. The summed E-state index contributed by atoms with van der Waals surface area (Å²) >= 11 is 1.61. The van der Waals surface area contributed by atoms with Crippen molar-refractivity contribution >= 4 is 11.3 Å². The molecule has 2 aromatic rings. The van der Waals surface area contributed by atoms with Crippen molar-refractivity contribution in [2.45, 2.75) is 40.0 Å². The van der Waals surface area contributed by atoms with Crippen LogP contribution >= 0.6 is 11.3 Å². The smallest absolute Gasteiger partial charge is 0.166 e. The SMILES string of the molecule is COc1cccc(CNC(C)C)c1OCc1nc(C)cs1. The van der Waals surface area contributed by atoms with Crippen LogP contribution in [0.4, 0.5) is 0 Å². The van der Waals surface area contributed by atoms with Crippen LogP contribution in [-0.4, -0.2) is 18.1 Å². The van der Waals surface area contributed by atoms with Gasteiger partial charge < -0.3 is 14.8 Å². The molecule has 0 saturated carbocycles. The topological polar surface area (TPSA) is 43.4 Å². The van der Waals surface area contributed by atoms with E-state index in [4.69, 9.17) is 9.47 Å². The zero-order valence-electron chi connectivity index (χ0n) is 13.0. The van der Waals surface area contributed by atoms with E-state index < -0.39 is 0 Å². The molecule has 0 spiro atoms. The highest BCUT2D eigenvalue weighted by atomic mass is 32.1. The van der Waals surface area contributed by atoms with Gasteiger partial charge >= 0.3 is 0 Å². The molecule has 0 fully saturated rings. The number of methoxy groups -OCH3 is 1. The lowest BCUT2D eigenvalue weighted by Crippen LogP contribution is -2.22. The molecule has 0 aliphatic heterocycles. The van der Waals surface area contributed by atoms with Crippen molar-refractivity contribution in [1.29, 1.82) is 0 Å².